The number of carbonyl (C=O) groups is 1. The molecule has 1 heterocycles. The van der Waals surface area contributed by atoms with Crippen LogP contribution in [0.3, 0.4) is 0 Å². The normalized spacial score (nSPS) is 24.8. The molecule has 0 aromatic rings. The van der Waals surface area contributed by atoms with E-state index in [-0.39, 0.29) is 17.5 Å². The molecule has 1 aliphatic heterocycles. The molecule has 3 unspecified atom stereocenters. The van der Waals surface area contributed by atoms with Gasteiger partial charge in [0.2, 0.25) is 0 Å². The van der Waals surface area contributed by atoms with Gasteiger partial charge in [0.25, 0.3) is 5.91 Å². The number of amides is 1. The van der Waals surface area contributed by atoms with E-state index in [1.54, 1.807) is 6.21 Å². The Morgan fingerprint density at radius 1 is 1.25 bits per heavy atom. The third-order valence-corrected chi connectivity index (χ3v) is 6.08. The maximum atomic E-state index is 12.8. The van der Waals surface area contributed by atoms with E-state index in [1.807, 2.05) is 4.90 Å². The van der Waals surface area contributed by atoms with Gasteiger partial charge in [-0.05, 0) is 43.9 Å². The van der Waals surface area contributed by atoms with Gasteiger partial charge in [0, 0.05) is 12.1 Å². The van der Waals surface area contributed by atoms with Gasteiger partial charge >= 0.3 is 0 Å². The maximum absolute atomic E-state index is 12.8. The monoisotopic (exact) mass is 334 g/mol. The lowest BCUT2D eigenvalue weighted by molar-refractivity contribution is -0.129. The highest BCUT2D eigenvalue weighted by atomic mass is 16.2. The summed E-state index contributed by atoms with van der Waals surface area (Å²) in [5.41, 5.74) is -0.189. The molecule has 0 fully saturated rings. The molecule has 3 atom stereocenters. The van der Waals surface area contributed by atoms with Crippen LogP contribution in [0.25, 0.3) is 0 Å². The highest BCUT2D eigenvalue weighted by molar-refractivity contribution is 6.26. The number of rotatable bonds is 5. The summed E-state index contributed by atoms with van der Waals surface area (Å²) in [7, 11) is 0. The van der Waals surface area contributed by atoms with Crippen LogP contribution >= 0.6 is 0 Å². The van der Waals surface area contributed by atoms with E-state index in [0.717, 1.165) is 6.42 Å². The van der Waals surface area contributed by atoms with Gasteiger partial charge in [-0.25, -0.2) is 0 Å². The maximum Gasteiger partial charge on any atom is 0.265 e. The van der Waals surface area contributed by atoms with E-state index >= 15 is 0 Å². The SMILES string of the molecule is CCC(C)C1C=CCN(C(C)(C)C(C)C)C(=O)C=NC(C(C)C)C1. The topological polar surface area (TPSA) is 32.7 Å². The standard InChI is InChI=1S/C21H38N2O/c1-9-17(6)18-11-10-12-23(21(7,8)16(4)5)20(24)14-22-19(13-18)15(2)3/h10-11,14-19H,9,12-13H2,1-8H3. The predicted molar refractivity (Wildman–Crippen MR) is 104 cm³/mol. The first kappa shape index (κ1) is 20.9. The second kappa shape index (κ2) is 8.82. The first-order chi connectivity index (χ1) is 11.1. The minimum Gasteiger partial charge on any atom is -0.329 e. The van der Waals surface area contributed by atoms with E-state index < -0.39 is 0 Å². The lowest BCUT2D eigenvalue weighted by atomic mass is 9.83. The number of nitrogens with zero attached hydrogens (tertiary/aromatic N) is 2. The van der Waals surface area contributed by atoms with Gasteiger partial charge < -0.3 is 4.90 Å². The van der Waals surface area contributed by atoms with Crippen molar-refractivity contribution in [1.82, 2.24) is 4.90 Å². The van der Waals surface area contributed by atoms with Crippen LogP contribution in [0.15, 0.2) is 17.1 Å². The van der Waals surface area contributed by atoms with E-state index in [1.165, 1.54) is 6.42 Å². The van der Waals surface area contributed by atoms with Crippen molar-refractivity contribution in [2.24, 2.45) is 28.7 Å². The summed E-state index contributed by atoms with van der Waals surface area (Å²) in [4.78, 5) is 19.4. The summed E-state index contributed by atoms with van der Waals surface area (Å²) >= 11 is 0. The molecule has 0 saturated heterocycles. The van der Waals surface area contributed by atoms with Gasteiger partial charge in [0.1, 0.15) is 0 Å². The Hall–Kier alpha value is -1.12. The summed E-state index contributed by atoms with van der Waals surface area (Å²) in [5.74, 6) is 2.03. The van der Waals surface area contributed by atoms with Crippen molar-refractivity contribution < 1.29 is 4.79 Å². The summed E-state index contributed by atoms with van der Waals surface area (Å²) in [5, 5.41) is 0. The Kier molecular flexibility index (Phi) is 7.69. The minimum atomic E-state index is -0.189. The number of hydrogen-bond acceptors (Lipinski definition) is 2. The van der Waals surface area contributed by atoms with Gasteiger partial charge in [0.05, 0.1) is 12.3 Å². The average molecular weight is 335 g/mol. The third-order valence-electron chi connectivity index (χ3n) is 6.08. The van der Waals surface area contributed by atoms with Crippen LogP contribution in [0.4, 0.5) is 0 Å². The molecule has 0 aromatic heterocycles. The largest absolute Gasteiger partial charge is 0.329 e. The number of aliphatic imine (C=N–C) groups is 1. The van der Waals surface area contributed by atoms with E-state index in [2.05, 4.69) is 67.5 Å². The smallest absolute Gasteiger partial charge is 0.265 e. The molecule has 0 N–H and O–H groups in total. The third kappa shape index (κ3) is 5.19. The lowest BCUT2D eigenvalue weighted by Crippen LogP contribution is -2.51. The molecule has 3 nitrogen and oxygen atoms in total. The molecule has 138 valence electrons. The lowest BCUT2D eigenvalue weighted by Gasteiger charge is -2.41. The summed E-state index contributed by atoms with van der Waals surface area (Å²) < 4.78 is 0. The van der Waals surface area contributed by atoms with Crippen molar-refractivity contribution in [3.05, 3.63) is 12.2 Å². The molecular weight excluding hydrogens is 296 g/mol. The quantitative estimate of drug-likeness (QED) is 0.654. The van der Waals surface area contributed by atoms with Gasteiger partial charge in [-0.15, -0.1) is 0 Å². The minimum absolute atomic E-state index is 0.0333. The molecule has 0 spiro atoms. The molecule has 1 amide bonds. The van der Waals surface area contributed by atoms with Crippen LogP contribution in [0.1, 0.15) is 68.2 Å². The van der Waals surface area contributed by atoms with E-state index in [4.69, 9.17) is 4.99 Å². The van der Waals surface area contributed by atoms with Crippen molar-refractivity contribution in [3.63, 3.8) is 0 Å². The van der Waals surface area contributed by atoms with Crippen LogP contribution in [0.5, 0.6) is 0 Å². The average Bonchev–Trinajstić information content (AvgIpc) is 2.51. The Balaban J connectivity index is 3.17. The van der Waals surface area contributed by atoms with E-state index in [9.17, 15) is 4.79 Å². The van der Waals surface area contributed by atoms with Crippen LogP contribution in [0.2, 0.25) is 0 Å². The molecule has 3 heteroatoms. The fourth-order valence-corrected chi connectivity index (χ4v) is 3.08. The van der Waals surface area contributed by atoms with Gasteiger partial charge in [0.15, 0.2) is 0 Å². The fraction of sp³-hybridized carbons (Fsp3) is 0.810. The van der Waals surface area contributed by atoms with Crippen LogP contribution < -0.4 is 0 Å². The Morgan fingerprint density at radius 2 is 1.88 bits per heavy atom. The van der Waals surface area contributed by atoms with Crippen molar-refractivity contribution in [2.75, 3.05) is 6.54 Å². The van der Waals surface area contributed by atoms with Crippen LogP contribution in [-0.4, -0.2) is 35.1 Å². The Morgan fingerprint density at radius 3 is 2.38 bits per heavy atom. The molecule has 0 bridgehead atoms. The molecule has 1 aliphatic rings. The highest BCUT2D eigenvalue weighted by Crippen LogP contribution is 2.28. The Labute approximate surface area is 149 Å². The second-order valence-corrected chi connectivity index (χ2v) is 8.56. The van der Waals surface area contributed by atoms with Gasteiger partial charge in [-0.2, -0.15) is 0 Å². The summed E-state index contributed by atoms with van der Waals surface area (Å²) in [6, 6.07) is 0.208. The number of allylic oxidation sites excluding steroid dienone is 1. The van der Waals surface area contributed by atoms with E-state index in [0.29, 0.717) is 30.2 Å². The first-order valence-corrected chi connectivity index (χ1v) is 9.62. The zero-order valence-corrected chi connectivity index (χ0v) is 17.0. The zero-order valence-electron chi connectivity index (χ0n) is 17.0. The van der Waals surface area contributed by atoms with Gasteiger partial charge in [-0.1, -0.05) is 60.1 Å². The molecule has 1 rings (SSSR count). The van der Waals surface area contributed by atoms with Crippen molar-refractivity contribution in [3.8, 4) is 0 Å². The number of hydrogen-bond donors (Lipinski definition) is 0. The predicted octanol–water partition coefficient (Wildman–Crippen LogP) is 4.97. The molecule has 0 radical (unpaired) electrons. The van der Waals surface area contributed by atoms with Crippen molar-refractivity contribution in [2.45, 2.75) is 79.8 Å². The zero-order chi connectivity index (χ0) is 18.5. The molecule has 0 saturated carbocycles. The van der Waals surface area contributed by atoms with Crippen molar-refractivity contribution >= 4 is 12.1 Å². The van der Waals surface area contributed by atoms with Crippen LogP contribution in [0, 0.1) is 23.7 Å². The summed E-state index contributed by atoms with van der Waals surface area (Å²) in [6.07, 6.45) is 8.32. The molecule has 24 heavy (non-hydrogen) atoms. The molecular formula is C21H38N2O. The molecule has 0 aliphatic carbocycles. The fourth-order valence-electron chi connectivity index (χ4n) is 3.08. The molecule has 0 aromatic carbocycles. The second-order valence-electron chi connectivity index (χ2n) is 8.56. The summed E-state index contributed by atoms with van der Waals surface area (Å²) in [6.45, 7) is 18.3. The van der Waals surface area contributed by atoms with Crippen LogP contribution in [-0.2, 0) is 4.79 Å². The van der Waals surface area contributed by atoms with Gasteiger partial charge in [-0.3, -0.25) is 9.79 Å². The van der Waals surface area contributed by atoms with Crippen molar-refractivity contribution in [1.29, 1.82) is 0 Å². The first-order valence-electron chi connectivity index (χ1n) is 9.62. The highest BCUT2D eigenvalue weighted by Gasteiger charge is 2.33. The number of carbonyl (C=O) groups excluding carboxylic acids is 1. The Bertz CT molecular complexity index is 462.